The Hall–Kier alpha value is -0.120. The Balaban J connectivity index is 1.91. The van der Waals surface area contributed by atoms with Crippen molar-refractivity contribution in [1.82, 2.24) is 10.2 Å². The van der Waals surface area contributed by atoms with Crippen LogP contribution in [0.5, 0.6) is 0 Å². The van der Waals surface area contributed by atoms with E-state index < -0.39 is 0 Å². The fraction of sp³-hybridized carbons (Fsp3) is 1.00. The number of ether oxygens (including phenoxy) is 1. The molecule has 1 heterocycles. The van der Waals surface area contributed by atoms with E-state index in [9.17, 15) is 0 Å². The molecule has 1 fully saturated rings. The third-order valence-corrected chi connectivity index (χ3v) is 3.64. The summed E-state index contributed by atoms with van der Waals surface area (Å²) in [5.41, 5.74) is 0.0546. The topological polar surface area (TPSA) is 24.5 Å². The van der Waals surface area contributed by atoms with Gasteiger partial charge in [-0.05, 0) is 52.2 Å². The number of nitrogens with zero attached hydrogens (tertiary/aromatic N) is 1. The number of hydrogen-bond acceptors (Lipinski definition) is 3. The number of hydrogen-bond donors (Lipinski definition) is 1. The monoisotopic (exact) mass is 270 g/mol. The molecule has 3 heteroatoms. The van der Waals surface area contributed by atoms with Crippen molar-refractivity contribution < 1.29 is 4.74 Å². The first-order chi connectivity index (χ1) is 8.99. The lowest BCUT2D eigenvalue weighted by molar-refractivity contribution is -0.0861. The molecule has 0 radical (unpaired) electrons. The number of nitrogens with one attached hydrogen (secondary N) is 1. The number of rotatable bonds is 9. The van der Waals surface area contributed by atoms with Gasteiger partial charge in [0.2, 0.25) is 0 Å². The third kappa shape index (κ3) is 8.61. The third-order valence-electron chi connectivity index (χ3n) is 3.64. The molecule has 1 saturated heterocycles. The predicted molar refractivity (Wildman–Crippen MR) is 82.6 cm³/mol. The molecular weight excluding hydrogens is 236 g/mol. The zero-order valence-electron chi connectivity index (χ0n) is 13.5. The van der Waals surface area contributed by atoms with Crippen LogP contribution in [0.25, 0.3) is 0 Å². The van der Waals surface area contributed by atoms with Crippen LogP contribution in [0.2, 0.25) is 0 Å². The molecule has 1 aliphatic heterocycles. The first kappa shape index (κ1) is 16.9. The van der Waals surface area contributed by atoms with E-state index in [0.717, 1.165) is 32.2 Å². The van der Waals surface area contributed by atoms with Crippen molar-refractivity contribution >= 4 is 0 Å². The number of morpholine rings is 1. The van der Waals surface area contributed by atoms with Crippen molar-refractivity contribution in [3.05, 3.63) is 0 Å². The van der Waals surface area contributed by atoms with E-state index in [1.807, 2.05) is 0 Å². The van der Waals surface area contributed by atoms with Gasteiger partial charge in [-0.15, -0.1) is 0 Å². The molecule has 0 aliphatic carbocycles. The molecule has 0 aromatic heterocycles. The van der Waals surface area contributed by atoms with Gasteiger partial charge in [-0.2, -0.15) is 0 Å². The van der Waals surface area contributed by atoms with Crippen LogP contribution in [0.4, 0.5) is 0 Å². The van der Waals surface area contributed by atoms with E-state index in [2.05, 4.69) is 37.9 Å². The SMILES string of the molecule is CC(C)CNCCCCCCN1CCOC(C)(C)C1. The molecule has 19 heavy (non-hydrogen) atoms. The van der Waals surface area contributed by atoms with Gasteiger partial charge in [0.1, 0.15) is 0 Å². The molecule has 0 aromatic rings. The summed E-state index contributed by atoms with van der Waals surface area (Å²) in [5.74, 6) is 0.768. The summed E-state index contributed by atoms with van der Waals surface area (Å²) < 4.78 is 5.74. The highest BCUT2D eigenvalue weighted by molar-refractivity contribution is 4.78. The van der Waals surface area contributed by atoms with Crippen molar-refractivity contribution in [3.63, 3.8) is 0 Å². The summed E-state index contributed by atoms with van der Waals surface area (Å²) in [7, 11) is 0. The molecule has 0 amide bonds. The minimum atomic E-state index is 0.0546. The van der Waals surface area contributed by atoms with Crippen LogP contribution in [0, 0.1) is 5.92 Å². The molecule has 0 aromatic carbocycles. The first-order valence-corrected chi connectivity index (χ1v) is 8.07. The van der Waals surface area contributed by atoms with E-state index in [4.69, 9.17) is 4.74 Å². The lowest BCUT2D eigenvalue weighted by atomic mass is 10.1. The second-order valence-electron chi connectivity index (χ2n) is 6.90. The first-order valence-electron chi connectivity index (χ1n) is 8.07. The van der Waals surface area contributed by atoms with E-state index in [1.54, 1.807) is 0 Å². The standard InChI is InChI=1S/C16H34N2O/c1-15(2)13-17-9-7-5-6-8-10-18-11-12-19-16(3,4)14-18/h15,17H,5-14H2,1-4H3. The molecular formula is C16H34N2O. The van der Waals surface area contributed by atoms with Gasteiger partial charge in [0.25, 0.3) is 0 Å². The quantitative estimate of drug-likeness (QED) is 0.652. The molecule has 1 aliphatic rings. The van der Waals surface area contributed by atoms with Gasteiger partial charge in [0.05, 0.1) is 12.2 Å². The van der Waals surface area contributed by atoms with E-state index in [0.29, 0.717) is 0 Å². The molecule has 1 rings (SSSR count). The van der Waals surface area contributed by atoms with Gasteiger partial charge in [-0.25, -0.2) is 0 Å². The Kier molecular flexibility index (Phi) is 7.96. The molecule has 0 saturated carbocycles. The van der Waals surface area contributed by atoms with Gasteiger partial charge < -0.3 is 10.1 Å². The van der Waals surface area contributed by atoms with Crippen LogP contribution in [-0.2, 0) is 4.74 Å². The lowest BCUT2D eigenvalue weighted by Crippen LogP contribution is -2.48. The minimum Gasteiger partial charge on any atom is -0.373 e. The summed E-state index contributed by atoms with van der Waals surface area (Å²) >= 11 is 0. The van der Waals surface area contributed by atoms with Crippen molar-refractivity contribution in [1.29, 1.82) is 0 Å². The molecule has 0 spiro atoms. The van der Waals surface area contributed by atoms with Crippen molar-refractivity contribution in [3.8, 4) is 0 Å². The van der Waals surface area contributed by atoms with E-state index in [1.165, 1.54) is 38.8 Å². The Morgan fingerprint density at radius 1 is 1.16 bits per heavy atom. The Morgan fingerprint density at radius 3 is 2.58 bits per heavy atom. The van der Waals surface area contributed by atoms with Crippen LogP contribution in [0.15, 0.2) is 0 Å². The molecule has 0 bridgehead atoms. The molecule has 0 unspecified atom stereocenters. The van der Waals surface area contributed by atoms with Crippen LogP contribution < -0.4 is 5.32 Å². The smallest absolute Gasteiger partial charge is 0.0753 e. The summed E-state index contributed by atoms with van der Waals surface area (Å²) in [4.78, 5) is 2.56. The van der Waals surface area contributed by atoms with Crippen molar-refractivity contribution in [2.75, 3.05) is 39.3 Å². The lowest BCUT2D eigenvalue weighted by Gasteiger charge is -2.38. The summed E-state index contributed by atoms with van der Waals surface area (Å²) in [5, 5.41) is 3.51. The zero-order chi connectivity index (χ0) is 14.1. The van der Waals surface area contributed by atoms with E-state index >= 15 is 0 Å². The molecule has 1 N–H and O–H groups in total. The highest BCUT2D eigenvalue weighted by atomic mass is 16.5. The highest BCUT2D eigenvalue weighted by Crippen LogP contribution is 2.16. The molecule has 114 valence electrons. The van der Waals surface area contributed by atoms with Gasteiger partial charge in [0.15, 0.2) is 0 Å². The second kappa shape index (κ2) is 8.93. The average Bonchev–Trinajstić information content (AvgIpc) is 2.31. The Bertz CT molecular complexity index is 229. The fourth-order valence-electron chi connectivity index (χ4n) is 2.63. The maximum absolute atomic E-state index is 5.74. The molecule has 3 nitrogen and oxygen atoms in total. The highest BCUT2D eigenvalue weighted by Gasteiger charge is 2.26. The van der Waals surface area contributed by atoms with Crippen molar-refractivity contribution in [2.45, 2.75) is 59.0 Å². The predicted octanol–water partition coefficient (Wildman–Crippen LogP) is 2.90. The second-order valence-corrected chi connectivity index (χ2v) is 6.90. The Labute approximate surface area is 120 Å². The fourth-order valence-corrected chi connectivity index (χ4v) is 2.63. The van der Waals surface area contributed by atoms with Gasteiger partial charge >= 0.3 is 0 Å². The average molecular weight is 270 g/mol. The van der Waals surface area contributed by atoms with Crippen LogP contribution in [0.1, 0.15) is 53.4 Å². The molecule has 0 atom stereocenters. The van der Waals surface area contributed by atoms with Crippen molar-refractivity contribution in [2.24, 2.45) is 5.92 Å². The van der Waals surface area contributed by atoms with Gasteiger partial charge in [-0.3, -0.25) is 4.90 Å². The van der Waals surface area contributed by atoms with Crippen LogP contribution in [0.3, 0.4) is 0 Å². The normalized spacial score (nSPS) is 20.1. The summed E-state index contributed by atoms with van der Waals surface area (Å²) in [6.07, 6.45) is 5.38. The minimum absolute atomic E-state index is 0.0546. The van der Waals surface area contributed by atoms with Crippen LogP contribution in [-0.4, -0.2) is 49.8 Å². The summed E-state index contributed by atoms with van der Waals surface area (Å²) in [6, 6.07) is 0. The summed E-state index contributed by atoms with van der Waals surface area (Å²) in [6.45, 7) is 15.6. The Morgan fingerprint density at radius 2 is 1.89 bits per heavy atom. The van der Waals surface area contributed by atoms with Crippen LogP contribution >= 0.6 is 0 Å². The maximum Gasteiger partial charge on any atom is 0.0753 e. The van der Waals surface area contributed by atoms with Gasteiger partial charge in [0, 0.05) is 13.1 Å². The largest absolute Gasteiger partial charge is 0.373 e. The zero-order valence-corrected chi connectivity index (χ0v) is 13.5. The van der Waals surface area contributed by atoms with Gasteiger partial charge in [-0.1, -0.05) is 26.7 Å². The maximum atomic E-state index is 5.74. The van der Waals surface area contributed by atoms with E-state index in [-0.39, 0.29) is 5.60 Å². The number of unbranched alkanes of at least 4 members (excludes halogenated alkanes) is 3.